The molecule has 528 valence electrons. The van der Waals surface area contributed by atoms with Crippen LogP contribution < -0.4 is 56.7 Å². The first-order valence-electron chi connectivity index (χ1n) is 30.5. The number of pyridine rings is 7. The van der Waals surface area contributed by atoms with Crippen LogP contribution in [0.2, 0.25) is 0 Å². The Labute approximate surface area is 590 Å². The van der Waals surface area contributed by atoms with Crippen molar-refractivity contribution in [1.29, 1.82) is 0 Å². The van der Waals surface area contributed by atoms with E-state index in [9.17, 15) is 48.5 Å². The molecule has 0 atom stereocenters. The van der Waals surface area contributed by atoms with Gasteiger partial charge < -0.3 is 73.2 Å². The number of hydrogen-bond donors (Lipinski definition) is 8. The zero-order valence-electron chi connectivity index (χ0n) is 54.9. The predicted molar refractivity (Wildman–Crippen MR) is 382 cm³/mol. The van der Waals surface area contributed by atoms with Gasteiger partial charge in [-0.25, -0.2) is 34.9 Å². The van der Waals surface area contributed by atoms with Gasteiger partial charge in [-0.1, -0.05) is 133 Å². The molecule has 0 saturated carbocycles. The summed E-state index contributed by atoms with van der Waals surface area (Å²) in [6.45, 7) is 2.85. The lowest BCUT2D eigenvalue weighted by Crippen LogP contribution is -2.21. The standard InChI is InChI=1S/C66H53N15O11.C6H5NO2.3H2O/c1-39(82)67-53-22-12-24-55(72-53)76-61(84)47-30-44(90-36-41-16-6-3-7-17-41)32-49(69-47)63(86)78-57-26-14-28-59(74-57)80-65(88)51-34-46(92-38-43-20-10-5-11-21-43)35-52(71-51)66(89)81-60-29-15-27-58(75-60)79-64(87)50-33-45(91-37-42-18-8-4-9-19-42)31-48(70-50)62(85)77-56-25-13-23-54(73-56)68-40(2)83;8-7(9)6-4-2-1-3-5-6;;;/h3-35H,36-38H2,1-2H3,(H2,67,72,76,82,84)(H2,68,73,77,83,85)(H2,74,78,80,86,88)(H2,75,79,81,87,89);1-5H;3*1H2. The van der Waals surface area contributed by atoms with E-state index >= 15 is 0 Å². The molecule has 0 saturated heterocycles. The van der Waals surface area contributed by atoms with Crippen LogP contribution in [0.3, 0.4) is 0 Å². The van der Waals surface area contributed by atoms with Gasteiger partial charge in [0.05, 0.1) is 4.92 Å². The number of nitrogens with zero attached hydrogens (tertiary/aromatic N) is 8. The molecule has 14 N–H and O–H groups in total. The van der Waals surface area contributed by atoms with Crippen molar-refractivity contribution in [1.82, 2.24) is 34.9 Å². The number of carbonyl (C=O) groups is 8. The van der Waals surface area contributed by atoms with E-state index < -0.39 is 40.4 Å². The lowest BCUT2D eigenvalue weighted by Gasteiger charge is -2.13. The zero-order valence-corrected chi connectivity index (χ0v) is 54.9. The van der Waals surface area contributed by atoms with E-state index in [1.165, 1.54) is 111 Å². The van der Waals surface area contributed by atoms with Crippen molar-refractivity contribution in [3.8, 4) is 17.2 Å². The topological polar surface area (TPSA) is 488 Å². The van der Waals surface area contributed by atoms with Gasteiger partial charge in [0, 0.05) is 62.4 Å². The highest BCUT2D eigenvalue weighted by Gasteiger charge is 2.23. The molecule has 0 aliphatic heterocycles. The first kappa shape index (κ1) is 76.7. The maximum Gasteiger partial charge on any atom is 0.275 e. The predicted octanol–water partition coefficient (Wildman–Crippen LogP) is 8.74. The third kappa shape index (κ3) is 23.0. The Morgan fingerprint density at radius 1 is 0.298 bits per heavy atom. The smallest absolute Gasteiger partial charge is 0.275 e. The van der Waals surface area contributed by atoms with Crippen LogP contribution in [0.1, 0.15) is 93.5 Å². The number of carbonyl (C=O) groups excluding carboxylic acids is 8. The highest BCUT2D eigenvalue weighted by atomic mass is 16.6. The summed E-state index contributed by atoms with van der Waals surface area (Å²) in [7, 11) is 0. The van der Waals surface area contributed by atoms with Crippen LogP contribution in [-0.2, 0) is 29.4 Å². The number of anilines is 8. The van der Waals surface area contributed by atoms with Crippen molar-refractivity contribution in [3.05, 3.63) is 291 Å². The number of nitro benzene ring substituents is 1. The molecule has 104 heavy (non-hydrogen) atoms. The molecule has 0 aliphatic rings. The molecule has 32 heteroatoms. The summed E-state index contributed by atoms with van der Waals surface area (Å²) in [4.78, 5) is 147. The number of amides is 8. The molecule has 0 spiro atoms. The summed E-state index contributed by atoms with van der Waals surface area (Å²) in [5, 5.41) is 30.9. The number of hydrogen-bond acceptors (Lipinski definition) is 20. The second-order valence-electron chi connectivity index (χ2n) is 21.4. The minimum absolute atomic E-state index is 0. The molecule has 0 bridgehead atoms. The maximum absolute atomic E-state index is 14.1. The van der Waals surface area contributed by atoms with Gasteiger partial charge in [0.25, 0.3) is 41.1 Å². The number of rotatable bonds is 24. The van der Waals surface area contributed by atoms with E-state index in [1.54, 1.807) is 42.5 Å². The largest absolute Gasteiger partial charge is 0.489 e. The van der Waals surface area contributed by atoms with Crippen LogP contribution in [0.5, 0.6) is 17.2 Å². The number of ether oxygens (including phenoxy) is 3. The number of nitrogens with one attached hydrogen (secondary N) is 8. The summed E-state index contributed by atoms with van der Waals surface area (Å²) in [6.07, 6.45) is 0. The summed E-state index contributed by atoms with van der Waals surface area (Å²) >= 11 is 0. The SMILES string of the molecule is CC(=O)Nc1cccc(NC(=O)c2cc(OCc3ccccc3)cc(C(=O)Nc3cccc(NC(=O)c4cc(OCc5ccccc5)cc(C(=O)Nc5cccc(NC(=O)c6cc(OCc7ccccc7)cc(C(=O)Nc7cccc(NC(C)=O)n7)n6)n5)n4)n3)n2)n1.O.O.O.O=[N+]([O-])c1ccccc1. The average molecular weight is 1410 g/mol. The van der Waals surface area contributed by atoms with E-state index in [-0.39, 0.29) is 152 Å². The van der Waals surface area contributed by atoms with Crippen molar-refractivity contribution in [3.63, 3.8) is 0 Å². The molecule has 32 nitrogen and oxygen atoms in total. The van der Waals surface area contributed by atoms with Gasteiger partial charge in [-0.05, 0) is 65.2 Å². The van der Waals surface area contributed by atoms with Gasteiger partial charge in [-0.15, -0.1) is 0 Å². The van der Waals surface area contributed by atoms with Gasteiger partial charge in [-0.2, -0.15) is 0 Å². The first-order chi connectivity index (χ1) is 48.9. The molecule has 4 aromatic carbocycles. The normalized spacial score (nSPS) is 10.1. The minimum atomic E-state index is -0.836. The van der Waals surface area contributed by atoms with Crippen molar-refractivity contribution in [2.24, 2.45) is 0 Å². The molecule has 0 aliphatic carbocycles. The lowest BCUT2D eigenvalue weighted by atomic mass is 10.2. The van der Waals surface area contributed by atoms with Gasteiger partial charge in [0.2, 0.25) is 11.8 Å². The summed E-state index contributed by atoms with van der Waals surface area (Å²) in [6, 6.07) is 61.6. The fourth-order valence-corrected chi connectivity index (χ4v) is 8.98. The number of non-ortho nitro benzene ring substituents is 1. The summed E-state index contributed by atoms with van der Waals surface area (Å²) in [5.41, 5.74) is 1.06. The Hall–Kier alpha value is -14.6. The van der Waals surface area contributed by atoms with Crippen LogP contribution >= 0.6 is 0 Å². The molecule has 0 radical (unpaired) electrons. The van der Waals surface area contributed by atoms with E-state index in [0.29, 0.717) is 0 Å². The molecule has 7 heterocycles. The van der Waals surface area contributed by atoms with E-state index in [2.05, 4.69) is 77.4 Å². The fraction of sp³-hybridized carbons (Fsp3) is 0.0694. The third-order valence-electron chi connectivity index (χ3n) is 13.6. The molecular weight excluding hydrogens is 1340 g/mol. The van der Waals surface area contributed by atoms with Gasteiger partial charge >= 0.3 is 0 Å². The van der Waals surface area contributed by atoms with E-state index in [0.717, 1.165) is 16.7 Å². The van der Waals surface area contributed by atoms with E-state index in [1.807, 2.05) is 91.0 Å². The Morgan fingerprint density at radius 3 is 0.692 bits per heavy atom. The summed E-state index contributed by atoms with van der Waals surface area (Å²) in [5.74, 6) is -4.79. The van der Waals surface area contributed by atoms with Crippen LogP contribution in [0, 0.1) is 10.1 Å². The third-order valence-corrected chi connectivity index (χ3v) is 13.6. The minimum Gasteiger partial charge on any atom is -0.489 e. The van der Waals surface area contributed by atoms with E-state index in [4.69, 9.17) is 14.2 Å². The molecule has 0 fully saturated rings. The Morgan fingerprint density at radius 2 is 0.500 bits per heavy atom. The Kier molecular flexibility index (Phi) is 27.6. The van der Waals surface area contributed by atoms with Gasteiger partial charge in [0.1, 0.15) is 118 Å². The first-order valence-corrected chi connectivity index (χ1v) is 30.5. The number of benzene rings is 4. The lowest BCUT2D eigenvalue weighted by molar-refractivity contribution is -0.384. The number of nitro groups is 1. The van der Waals surface area contributed by atoms with Crippen LogP contribution in [0.4, 0.5) is 52.2 Å². The van der Waals surface area contributed by atoms with Gasteiger partial charge in [-0.3, -0.25) is 48.5 Å². The Balaban J connectivity index is 0.00000117. The summed E-state index contributed by atoms with van der Waals surface area (Å²) < 4.78 is 18.1. The van der Waals surface area contributed by atoms with Crippen molar-refractivity contribution < 1.29 is 73.9 Å². The van der Waals surface area contributed by atoms with Crippen LogP contribution in [-0.4, -0.2) is 103 Å². The molecule has 0 unspecified atom stereocenters. The molecule has 11 rings (SSSR count). The van der Waals surface area contributed by atoms with Crippen molar-refractivity contribution in [2.45, 2.75) is 33.7 Å². The quantitative estimate of drug-likeness (QED) is 0.0207. The molecule has 11 aromatic rings. The molecule has 8 amide bonds. The number of aromatic nitrogens is 7. The zero-order chi connectivity index (χ0) is 71.0. The van der Waals surface area contributed by atoms with Crippen molar-refractivity contribution >= 4 is 99.5 Å². The fourth-order valence-electron chi connectivity index (χ4n) is 8.98. The molecular formula is C72H64N16O16. The molecule has 7 aromatic heterocycles. The van der Waals surface area contributed by atoms with Gasteiger partial charge in [0.15, 0.2) is 0 Å². The monoisotopic (exact) mass is 1410 g/mol. The second kappa shape index (κ2) is 37.4. The van der Waals surface area contributed by atoms with Crippen LogP contribution in [0.15, 0.2) is 231 Å². The highest BCUT2D eigenvalue weighted by Crippen LogP contribution is 2.25. The number of para-hydroxylation sites is 1. The Bertz CT molecular complexity index is 4620. The maximum atomic E-state index is 14.1. The average Bonchev–Trinajstić information content (AvgIpc) is 0.830. The highest BCUT2D eigenvalue weighted by molar-refractivity contribution is 6.09. The van der Waals surface area contributed by atoms with Crippen LogP contribution in [0.25, 0.3) is 0 Å². The van der Waals surface area contributed by atoms with Crippen molar-refractivity contribution in [2.75, 3.05) is 42.5 Å². The second-order valence-corrected chi connectivity index (χ2v) is 21.4.